The summed E-state index contributed by atoms with van der Waals surface area (Å²) < 4.78 is 5.21. The van der Waals surface area contributed by atoms with Crippen molar-refractivity contribution in [2.45, 2.75) is 75.3 Å². The molecule has 5 heteroatoms. The molecule has 150 valence electrons. The number of alkyl carbamates (subject to hydrolysis) is 1. The third-order valence-electron chi connectivity index (χ3n) is 7.87. The number of benzene rings is 1. The zero-order valence-electron chi connectivity index (χ0n) is 16.9. The average Bonchev–Trinajstić information content (AvgIpc) is 3.35. The molecule has 1 aromatic rings. The third-order valence-corrected chi connectivity index (χ3v) is 7.87. The van der Waals surface area contributed by atoms with Gasteiger partial charge in [-0.25, -0.2) is 4.79 Å². The summed E-state index contributed by atoms with van der Waals surface area (Å²) >= 11 is 0. The molecular formula is C23H30N2O3. The molecular weight excluding hydrogens is 352 g/mol. The van der Waals surface area contributed by atoms with Crippen LogP contribution < -0.4 is 5.32 Å². The molecule has 1 atom stereocenters. The maximum Gasteiger partial charge on any atom is 0.408 e. The van der Waals surface area contributed by atoms with E-state index in [1.54, 1.807) is 0 Å². The van der Waals surface area contributed by atoms with Crippen LogP contribution >= 0.6 is 0 Å². The number of ether oxygens (including phenoxy) is 1. The van der Waals surface area contributed by atoms with Crippen molar-refractivity contribution in [2.75, 3.05) is 13.1 Å². The molecule has 1 aromatic carbocycles. The van der Waals surface area contributed by atoms with E-state index in [0.717, 1.165) is 25.9 Å². The molecule has 0 bridgehead atoms. The van der Waals surface area contributed by atoms with E-state index in [1.165, 1.54) is 24.0 Å². The standard InChI is InChI=1S/C23H30N2O3/c1-15-23(24-21(27)28-15)13-18(14-23)20(26)25-11-7-17(8-12-25)16-3-5-19(6-4-16)22(2)9-10-22/h3-6,15,17-18H,7-14H2,1-2H3,(H,24,27)/t15-,18-,23+/m1/s1. The molecule has 0 unspecified atom stereocenters. The van der Waals surface area contributed by atoms with E-state index in [0.29, 0.717) is 24.2 Å². The molecule has 4 fully saturated rings. The number of hydrogen-bond acceptors (Lipinski definition) is 3. The number of amides is 2. The highest BCUT2D eigenvalue weighted by Crippen LogP contribution is 2.48. The van der Waals surface area contributed by atoms with Crippen molar-refractivity contribution in [3.8, 4) is 0 Å². The second-order valence-electron chi connectivity index (χ2n) is 9.72. The first-order valence-electron chi connectivity index (χ1n) is 10.8. The van der Waals surface area contributed by atoms with Gasteiger partial charge in [-0.1, -0.05) is 31.2 Å². The van der Waals surface area contributed by atoms with Gasteiger partial charge in [0.25, 0.3) is 0 Å². The van der Waals surface area contributed by atoms with Crippen molar-refractivity contribution in [1.82, 2.24) is 10.2 Å². The Labute approximate surface area is 166 Å². The highest BCUT2D eigenvalue weighted by Gasteiger charge is 2.57. The fourth-order valence-electron chi connectivity index (χ4n) is 5.36. The number of likely N-dealkylation sites (tertiary alicyclic amines) is 1. The number of rotatable bonds is 3. The molecule has 2 aliphatic heterocycles. The second kappa shape index (κ2) is 6.23. The first-order valence-corrected chi connectivity index (χ1v) is 10.8. The lowest BCUT2D eigenvalue weighted by Gasteiger charge is -2.47. The number of nitrogens with zero attached hydrogens (tertiary/aromatic N) is 1. The predicted octanol–water partition coefficient (Wildman–Crippen LogP) is 3.72. The van der Waals surface area contributed by atoms with E-state index in [2.05, 4.69) is 36.5 Å². The Hall–Kier alpha value is -2.04. The van der Waals surface area contributed by atoms with Crippen molar-refractivity contribution in [1.29, 1.82) is 0 Å². The predicted molar refractivity (Wildman–Crippen MR) is 106 cm³/mol. The molecule has 1 spiro atoms. The van der Waals surface area contributed by atoms with Crippen molar-refractivity contribution in [3.05, 3.63) is 35.4 Å². The minimum Gasteiger partial charge on any atom is -0.444 e. The zero-order chi connectivity index (χ0) is 19.5. The Morgan fingerprint density at radius 2 is 1.79 bits per heavy atom. The summed E-state index contributed by atoms with van der Waals surface area (Å²) in [4.78, 5) is 26.4. The summed E-state index contributed by atoms with van der Waals surface area (Å²) in [7, 11) is 0. The van der Waals surface area contributed by atoms with Gasteiger partial charge in [-0.2, -0.15) is 0 Å². The van der Waals surface area contributed by atoms with E-state index in [9.17, 15) is 9.59 Å². The zero-order valence-corrected chi connectivity index (χ0v) is 16.9. The summed E-state index contributed by atoms with van der Waals surface area (Å²) in [5, 5.41) is 2.92. The van der Waals surface area contributed by atoms with Crippen molar-refractivity contribution < 1.29 is 14.3 Å². The molecule has 1 N–H and O–H groups in total. The topological polar surface area (TPSA) is 58.6 Å². The Balaban J connectivity index is 1.14. The lowest BCUT2D eigenvalue weighted by Crippen LogP contribution is -2.61. The first-order chi connectivity index (χ1) is 13.4. The van der Waals surface area contributed by atoms with E-state index < -0.39 is 0 Å². The van der Waals surface area contributed by atoms with Crippen molar-refractivity contribution in [2.24, 2.45) is 5.92 Å². The van der Waals surface area contributed by atoms with E-state index in [1.807, 2.05) is 11.8 Å². The molecule has 5 rings (SSSR count). The summed E-state index contributed by atoms with van der Waals surface area (Å²) in [6, 6.07) is 9.24. The molecule has 28 heavy (non-hydrogen) atoms. The molecule has 0 radical (unpaired) electrons. The smallest absolute Gasteiger partial charge is 0.408 e. The average molecular weight is 383 g/mol. The highest BCUT2D eigenvalue weighted by atomic mass is 16.6. The van der Waals surface area contributed by atoms with Crippen LogP contribution in [0.3, 0.4) is 0 Å². The van der Waals surface area contributed by atoms with Gasteiger partial charge in [-0.05, 0) is 67.9 Å². The lowest BCUT2D eigenvalue weighted by molar-refractivity contribution is -0.143. The fourth-order valence-corrected chi connectivity index (χ4v) is 5.36. The Morgan fingerprint density at radius 3 is 2.32 bits per heavy atom. The number of piperidine rings is 1. The summed E-state index contributed by atoms with van der Waals surface area (Å²) in [6.07, 6.45) is 5.62. The fraction of sp³-hybridized carbons (Fsp3) is 0.652. The summed E-state index contributed by atoms with van der Waals surface area (Å²) in [5.41, 5.74) is 3.01. The van der Waals surface area contributed by atoms with Crippen LogP contribution in [0.15, 0.2) is 24.3 Å². The minimum absolute atomic E-state index is 0.0274. The number of carbonyl (C=O) groups is 2. The van der Waals surface area contributed by atoms with E-state index in [4.69, 9.17) is 4.74 Å². The van der Waals surface area contributed by atoms with Gasteiger partial charge in [0.15, 0.2) is 0 Å². The second-order valence-corrected chi connectivity index (χ2v) is 9.72. The van der Waals surface area contributed by atoms with Gasteiger partial charge in [0.1, 0.15) is 6.10 Å². The van der Waals surface area contributed by atoms with Gasteiger partial charge >= 0.3 is 6.09 Å². The largest absolute Gasteiger partial charge is 0.444 e. The maximum atomic E-state index is 12.9. The molecule has 2 saturated heterocycles. The summed E-state index contributed by atoms with van der Waals surface area (Å²) in [5.74, 6) is 0.842. The first kappa shape index (κ1) is 18.0. The van der Waals surface area contributed by atoms with Crippen LogP contribution in [0.1, 0.15) is 69.4 Å². The molecule has 5 nitrogen and oxygen atoms in total. The quantitative estimate of drug-likeness (QED) is 0.867. The van der Waals surface area contributed by atoms with Gasteiger partial charge in [0, 0.05) is 19.0 Å². The van der Waals surface area contributed by atoms with Crippen LogP contribution in [0.4, 0.5) is 4.79 Å². The molecule has 4 aliphatic rings. The Kier molecular flexibility index (Phi) is 4.01. The lowest BCUT2D eigenvalue weighted by atomic mass is 9.65. The van der Waals surface area contributed by atoms with Crippen LogP contribution in [0, 0.1) is 5.92 Å². The van der Waals surface area contributed by atoms with Crippen LogP contribution in [0.2, 0.25) is 0 Å². The number of carbonyl (C=O) groups excluding carboxylic acids is 2. The van der Waals surface area contributed by atoms with Crippen molar-refractivity contribution >= 4 is 12.0 Å². The van der Waals surface area contributed by atoms with E-state index >= 15 is 0 Å². The molecule has 2 saturated carbocycles. The van der Waals surface area contributed by atoms with Gasteiger partial charge < -0.3 is 15.0 Å². The third kappa shape index (κ3) is 2.90. The van der Waals surface area contributed by atoms with Gasteiger partial charge in [-0.15, -0.1) is 0 Å². The van der Waals surface area contributed by atoms with Crippen LogP contribution in [0.5, 0.6) is 0 Å². The Morgan fingerprint density at radius 1 is 1.14 bits per heavy atom. The molecule has 2 amide bonds. The van der Waals surface area contributed by atoms with Crippen LogP contribution in [-0.2, 0) is 14.9 Å². The van der Waals surface area contributed by atoms with Crippen LogP contribution in [0.25, 0.3) is 0 Å². The Bertz CT molecular complexity index is 785. The van der Waals surface area contributed by atoms with Crippen LogP contribution in [-0.4, -0.2) is 41.6 Å². The molecule has 2 aliphatic carbocycles. The number of nitrogens with one attached hydrogen (secondary N) is 1. The van der Waals surface area contributed by atoms with E-state index in [-0.39, 0.29) is 29.6 Å². The van der Waals surface area contributed by atoms with Gasteiger partial charge in [0.05, 0.1) is 5.54 Å². The monoisotopic (exact) mass is 382 g/mol. The van der Waals surface area contributed by atoms with Crippen molar-refractivity contribution in [3.63, 3.8) is 0 Å². The minimum atomic E-state index is -0.346. The summed E-state index contributed by atoms with van der Waals surface area (Å²) in [6.45, 7) is 5.94. The van der Waals surface area contributed by atoms with Gasteiger partial charge in [-0.3, -0.25) is 4.79 Å². The van der Waals surface area contributed by atoms with Gasteiger partial charge in [0.2, 0.25) is 5.91 Å². The number of cyclic esters (lactones) is 1. The SMILES string of the molecule is C[C@H]1OC(=O)N[C@]12C[C@@H](C(=O)N1CCC(c3ccc(C4(C)CC4)cc3)CC1)C2. The maximum absolute atomic E-state index is 12.9. The highest BCUT2D eigenvalue weighted by molar-refractivity contribution is 5.82. The number of hydrogen-bond donors (Lipinski definition) is 1. The molecule has 2 heterocycles. The molecule has 0 aromatic heterocycles. The normalized spacial score (nSPS) is 33.9.